The molecule has 0 bridgehead atoms. The number of hydrogen-bond donors (Lipinski definition) is 1. The first-order valence-corrected chi connectivity index (χ1v) is 12.2. The average molecular weight is 485 g/mol. The van der Waals surface area contributed by atoms with E-state index in [-0.39, 0.29) is 17.9 Å². The molecule has 0 saturated carbocycles. The van der Waals surface area contributed by atoms with Crippen molar-refractivity contribution >= 4 is 23.0 Å². The lowest BCUT2D eigenvalue weighted by Crippen LogP contribution is -2.29. The number of aromatic nitrogens is 2. The number of hydrogen-bond acceptors (Lipinski definition) is 2. The van der Waals surface area contributed by atoms with E-state index in [4.69, 9.17) is 12.2 Å². The zero-order valence-electron chi connectivity index (χ0n) is 20.6. The first-order chi connectivity index (χ1) is 16.7. The van der Waals surface area contributed by atoms with Gasteiger partial charge in [0.15, 0.2) is 5.11 Å². The SMILES string of the molecule is Cc1cc(C)cc(-n2c(C)cc(C3C(c4ccccn4)NC(=S)N3c3ccc(F)c(C)c3)c2C)c1. The molecule has 5 rings (SSSR count). The predicted molar refractivity (Wildman–Crippen MR) is 144 cm³/mol. The Morgan fingerprint density at radius 2 is 1.63 bits per heavy atom. The smallest absolute Gasteiger partial charge is 0.174 e. The van der Waals surface area contributed by atoms with Crippen LogP contribution in [0, 0.1) is 40.4 Å². The van der Waals surface area contributed by atoms with Crippen LogP contribution in [0.15, 0.2) is 66.9 Å². The maximum Gasteiger partial charge on any atom is 0.174 e. The van der Waals surface area contributed by atoms with Crippen LogP contribution < -0.4 is 10.2 Å². The Hall–Kier alpha value is -3.51. The van der Waals surface area contributed by atoms with Gasteiger partial charge in [-0.2, -0.15) is 0 Å². The monoisotopic (exact) mass is 484 g/mol. The van der Waals surface area contributed by atoms with Gasteiger partial charge in [-0.25, -0.2) is 4.39 Å². The molecule has 0 aliphatic carbocycles. The van der Waals surface area contributed by atoms with E-state index in [0.717, 1.165) is 34.0 Å². The van der Waals surface area contributed by atoms with Crippen LogP contribution >= 0.6 is 12.2 Å². The molecule has 6 heteroatoms. The van der Waals surface area contributed by atoms with Gasteiger partial charge in [-0.05, 0) is 118 Å². The second-order valence-electron chi connectivity index (χ2n) is 9.44. The molecule has 3 heterocycles. The van der Waals surface area contributed by atoms with Crippen molar-refractivity contribution in [2.75, 3.05) is 4.90 Å². The highest BCUT2D eigenvalue weighted by molar-refractivity contribution is 7.80. The Morgan fingerprint density at radius 3 is 2.29 bits per heavy atom. The first kappa shape index (κ1) is 23.2. The second kappa shape index (κ2) is 8.93. The van der Waals surface area contributed by atoms with Gasteiger partial charge >= 0.3 is 0 Å². The maximum absolute atomic E-state index is 14.1. The van der Waals surface area contributed by atoms with E-state index in [1.165, 1.54) is 17.2 Å². The van der Waals surface area contributed by atoms with Crippen LogP contribution in [0.4, 0.5) is 10.1 Å². The van der Waals surface area contributed by atoms with Crippen molar-refractivity contribution in [3.63, 3.8) is 0 Å². The van der Waals surface area contributed by atoms with Crippen LogP contribution in [0.25, 0.3) is 5.69 Å². The summed E-state index contributed by atoms with van der Waals surface area (Å²) in [6.45, 7) is 10.3. The summed E-state index contributed by atoms with van der Waals surface area (Å²) in [6.07, 6.45) is 1.81. The van der Waals surface area contributed by atoms with Crippen molar-refractivity contribution < 1.29 is 4.39 Å². The minimum Gasteiger partial charge on any atom is -0.351 e. The highest BCUT2D eigenvalue weighted by Crippen LogP contribution is 2.44. The van der Waals surface area contributed by atoms with Crippen LogP contribution in [0.2, 0.25) is 0 Å². The molecule has 1 aliphatic heterocycles. The van der Waals surface area contributed by atoms with Crippen LogP contribution in [0.5, 0.6) is 0 Å². The standard InChI is InChI=1S/C29H29FN4S/c1-17-12-18(2)14-23(13-17)33-20(4)16-24(21(33)5)28-27(26-8-6-7-11-31-26)32-29(35)34(28)22-9-10-25(30)19(3)15-22/h6-16,27-28H,1-5H3,(H,32,35). The molecule has 1 N–H and O–H groups in total. The van der Waals surface area contributed by atoms with Crippen LogP contribution in [0.1, 0.15) is 51.4 Å². The third-order valence-electron chi connectivity index (χ3n) is 6.77. The van der Waals surface area contributed by atoms with E-state index in [9.17, 15) is 4.39 Å². The Kier molecular flexibility index (Phi) is 5.93. The lowest BCUT2D eigenvalue weighted by Gasteiger charge is -2.28. The number of rotatable bonds is 4. The van der Waals surface area contributed by atoms with Crippen molar-refractivity contribution in [2.24, 2.45) is 0 Å². The number of thiocarbonyl (C=S) groups is 1. The molecule has 2 aromatic heterocycles. The first-order valence-electron chi connectivity index (χ1n) is 11.8. The highest BCUT2D eigenvalue weighted by atomic mass is 32.1. The summed E-state index contributed by atoms with van der Waals surface area (Å²) in [5.41, 5.74) is 9.43. The van der Waals surface area contributed by atoms with Crippen molar-refractivity contribution in [3.8, 4) is 5.69 Å². The molecule has 2 aromatic carbocycles. The van der Waals surface area contributed by atoms with Crippen molar-refractivity contribution in [1.29, 1.82) is 0 Å². The summed E-state index contributed by atoms with van der Waals surface area (Å²) in [6, 6.07) is 19.7. The van der Waals surface area contributed by atoms with Crippen molar-refractivity contribution in [1.82, 2.24) is 14.9 Å². The van der Waals surface area contributed by atoms with Crippen LogP contribution in [-0.2, 0) is 0 Å². The minimum atomic E-state index is -0.224. The molecule has 1 fully saturated rings. The molecule has 1 saturated heterocycles. The van der Waals surface area contributed by atoms with E-state index >= 15 is 0 Å². The summed E-state index contributed by atoms with van der Waals surface area (Å²) in [5, 5.41) is 4.11. The van der Waals surface area contributed by atoms with Gasteiger partial charge < -0.3 is 14.8 Å². The molecule has 2 unspecified atom stereocenters. The van der Waals surface area contributed by atoms with Crippen molar-refractivity contribution in [3.05, 3.63) is 112 Å². The zero-order chi connectivity index (χ0) is 24.9. The van der Waals surface area contributed by atoms with Gasteiger partial charge in [0, 0.05) is 29.0 Å². The van der Waals surface area contributed by atoms with Crippen LogP contribution in [-0.4, -0.2) is 14.7 Å². The van der Waals surface area contributed by atoms with Gasteiger partial charge in [-0.3, -0.25) is 4.98 Å². The number of halogens is 1. The van der Waals surface area contributed by atoms with Gasteiger partial charge in [-0.15, -0.1) is 0 Å². The molecule has 0 spiro atoms. The molecule has 178 valence electrons. The topological polar surface area (TPSA) is 33.1 Å². The summed E-state index contributed by atoms with van der Waals surface area (Å²) in [4.78, 5) is 6.76. The van der Waals surface area contributed by atoms with E-state index < -0.39 is 0 Å². The molecule has 4 nitrogen and oxygen atoms in total. The largest absolute Gasteiger partial charge is 0.351 e. The summed E-state index contributed by atoms with van der Waals surface area (Å²) in [7, 11) is 0. The van der Waals surface area contributed by atoms with E-state index in [1.54, 1.807) is 19.2 Å². The predicted octanol–water partition coefficient (Wildman–Crippen LogP) is 6.73. The molecule has 4 aromatic rings. The van der Waals surface area contributed by atoms with Gasteiger partial charge in [0.2, 0.25) is 0 Å². The molecule has 0 radical (unpaired) electrons. The second-order valence-corrected chi connectivity index (χ2v) is 9.82. The fraction of sp³-hybridized carbons (Fsp3) is 0.241. The quantitative estimate of drug-likeness (QED) is 0.326. The normalized spacial score (nSPS) is 17.7. The number of nitrogens with zero attached hydrogens (tertiary/aromatic N) is 3. The van der Waals surface area contributed by atoms with Gasteiger partial charge in [-0.1, -0.05) is 12.1 Å². The molecule has 35 heavy (non-hydrogen) atoms. The van der Waals surface area contributed by atoms with E-state index in [0.29, 0.717) is 10.7 Å². The van der Waals surface area contributed by atoms with Crippen molar-refractivity contribution in [2.45, 2.75) is 46.7 Å². The lowest BCUT2D eigenvalue weighted by atomic mass is 9.96. The minimum absolute atomic E-state index is 0.145. The molecular weight excluding hydrogens is 455 g/mol. The fourth-order valence-electron chi connectivity index (χ4n) is 5.29. The number of anilines is 1. The zero-order valence-corrected chi connectivity index (χ0v) is 21.4. The summed E-state index contributed by atoms with van der Waals surface area (Å²) >= 11 is 5.85. The van der Waals surface area contributed by atoms with Gasteiger partial charge in [0.25, 0.3) is 0 Å². The van der Waals surface area contributed by atoms with E-state index in [1.807, 2.05) is 24.3 Å². The third kappa shape index (κ3) is 4.12. The summed E-state index contributed by atoms with van der Waals surface area (Å²) < 4.78 is 16.4. The average Bonchev–Trinajstić information content (AvgIpc) is 3.31. The third-order valence-corrected chi connectivity index (χ3v) is 7.09. The molecule has 1 aliphatic rings. The van der Waals surface area contributed by atoms with Gasteiger partial charge in [0.1, 0.15) is 5.82 Å². The number of pyridine rings is 1. The fourth-order valence-corrected chi connectivity index (χ4v) is 5.64. The number of benzene rings is 2. The van der Waals surface area contributed by atoms with Crippen LogP contribution in [0.3, 0.4) is 0 Å². The molecule has 2 atom stereocenters. The van der Waals surface area contributed by atoms with Gasteiger partial charge in [0.05, 0.1) is 17.8 Å². The Labute approximate surface area is 211 Å². The van der Waals surface area contributed by atoms with E-state index in [2.05, 4.69) is 71.7 Å². The highest BCUT2D eigenvalue weighted by Gasteiger charge is 2.42. The Bertz CT molecular complexity index is 1410. The Morgan fingerprint density at radius 1 is 0.886 bits per heavy atom. The number of aryl methyl sites for hydroxylation is 4. The molecular formula is C29H29FN4S. The lowest BCUT2D eigenvalue weighted by molar-refractivity contribution is 0.564. The molecule has 0 amide bonds. The maximum atomic E-state index is 14.1. The number of nitrogens with one attached hydrogen (secondary N) is 1. The summed E-state index contributed by atoms with van der Waals surface area (Å²) in [5.74, 6) is -0.224. The Balaban J connectivity index is 1.70.